The van der Waals surface area contributed by atoms with Gasteiger partial charge in [0.05, 0.1) is 17.2 Å². The van der Waals surface area contributed by atoms with E-state index in [1.165, 1.54) is 6.07 Å². The first-order valence-electron chi connectivity index (χ1n) is 4.68. The van der Waals surface area contributed by atoms with Gasteiger partial charge in [-0.05, 0) is 6.42 Å². The highest BCUT2D eigenvalue weighted by Gasteiger charge is 2.15. The molecule has 0 fully saturated rings. The summed E-state index contributed by atoms with van der Waals surface area (Å²) in [6.07, 6.45) is 6.94. The fourth-order valence-electron chi connectivity index (χ4n) is 1.12. The molecule has 0 radical (unpaired) electrons. The first-order valence-corrected chi connectivity index (χ1v) is 4.68. The lowest BCUT2D eigenvalue weighted by Gasteiger charge is -2.08. The van der Waals surface area contributed by atoms with Crippen LogP contribution in [0, 0.1) is 22.5 Å². The zero-order valence-electron chi connectivity index (χ0n) is 8.69. The predicted molar refractivity (Wildman–Crippen MR) is 57.8 cm³/mol. The van der Waals surface area contributed by atoms with Gasteiger partial charge in [-0.15, -0.1) is 6.42 Å². The summed E-state index contributed by atoms with van der Waals surface area (Å²) in [4.78, 5) is 23.9. The maximum Gasteiger partial charge on any atom is 0.287 e. The highest BCUT2D eigenvalue weighted by Crippen LogP contribution is 2.12. The van der Waals surface area contributed by atoms with Gasteiger partial charge in [-0.25, -0.2) is 0 Å². The molecular formula is C10H11N3O3. The van der Waals surface area contributed by atoms with Gasteiger partial charge < -0.3 is 10.3 Å². The minimum atomic E-state index is -0.578. The minimum Gasteiger partial charge on any atom is -0.351 e. The number of nitrogens with one attached hydrogen (secondary N) is 2. The average molecular weight is 221 g/mol. The highest BCUT2D eigenvalue weighted by molar-refractivity contribution is 5.93. The van der Waals surface area contributed by atoms with E-state index < -0.39 is 10.8 Å². The van der Waals surface area contributed by atoms with Crippen LogP contribution < -0.4 is 5.32 Å². The molecule has 1 aromatic heterocycles. The summed E-state index contributed by atoms with van der Waals surface area (Å²) < 4.78 is 0. The standard InChI is InChI=1S/C10H11N3O3/c1-3-7(4-2)12-10(14)9-5-8(6-11-9)13(15)16/h1,5-7,11H,4H2,2H3,(H,12,14). The van der Waals surface area contributed by atoms with Crippen LogP contribution in [0.15, 0.2) is 12.3 Å². The van der Waals surface area contributed by atoms with E-state index >= 15 is 0 Å². The molecule has 6 nitrogen and oxygen atoms in total. The number of nitro groups is 1. The molecule has 1 rings (SSSR count). The fraction of sp³-hybridized carbons (Fsp3) is 0.300. The van der Waals surface area contributed by atoms with Gasteiger partial charge in [-0.2, -0.15) is 0 Å². The number of H-pyrrole nitrogens is 1. The number of nitrogens with zero attached hydrogens (tertiary/aromatic N) is 1. The van der Waals surface area contributed by atoms with Crippen LogP contribution in [0.4, 0.5) is 5.69 Å². The third-order valence-electron chi connectivity index (χ3n) is 2.04. The van der Waals surface area contributed by atoms with Gasteiger partial charge in [0.1, 0.15) is 5.69 Å². The number of amides is 1. The summed E-state index contributed by atoms with van der Waals surface area (Å²) in [7, 11) is 0. The Morgan fingerprint density at radius 2 is 2.50 bits per heavy atom. The second-order valence-corrected chi connectivity index (χ2v) is 3.13. The topological polar surface area (TPSA) is 88.0 Å². The van der Waals surface area contributed by atoms with Gasteiger partial charge in [0, 0.05) is 6.07 Å². The monoisotopic (exact) mass is 221 g/mol. The Morgan fingerprint density at radius 1 is 1.81 bits per heavy atom. The van der Waals surface area contributed by atoms with Crippen LogP contribution in [-0.2, 0) is 0 Å². The van der Waals surface area contributed by atoms with Gasteiger partial charge in [-0.1, -0.05) is 12.8 Å². The lowest BCUT2D eigenvalue weighted by Crippen LogP contribution is -2.33. The maximum absolute atomic E-state index is 11.5. The van der Waals surface area contributed by atoms with E-state index in [0.29, 0.717) is 6.42 Å². The third kappa shape index (κ3) is 2.60. The molecule has 1 unspecified atom stereocenters. The summed E-state index contributed by atoms with van der Waals surface area (Å²) in [6.45, 7) is 1.84. The Kier molecular flexibility index (Phi) is 3.67. The second kappa shape index (κ2) is 4.98. The van der Waals surface area contributed by atoms with Crippen molar-refractivity contribution >= 4 is 11.6 Å². The van der Waals surface area contributed by atoms with E-state index in [1.54, 1.807) is 0 Å². The molecule has 0 saturated heterocycles. The van der Waals surface area contributed by atoms with Crippen molar-refractivity contribution in [3.63, 3.8) is 0 Å². The van der Waals surface area contributed by atoms with Gasteiger partial charge in [-0.3, -0.25) is 14.9 Å². The average Bonchev–Trinajstić information content (AvgIpc) is 2.74. The molecule has 0 aliphatic carbocycles. The van der Waals surface area contributed by atoms with E-state index in [0.717, 1.165) is 6.20 Å². The number of aromatic nitrogens is 1. The molecule has 0 bridgehead atoms. The maximum atomic E-state index is 11.5. The number of hydrogen-bond acceptors (Lipinski definition) is 3. The lowest BCUT2D eigenvalue weighted by atomic mass is 10.2. The van der Waals surface area contributed by atoms with Crippen LogP contribution in [0.2, 0.25) is 0 Å². The molecule has 1 heterocycles. The zero-order valence-corrected chi connectivity index (χ0v) is 8.69. The SMILES string of the molecule is C#CC(CC)NC(=O)c1cc([N+](=O)[O-])c[nH]1. The van der Waals surface area contributed by atoms with E-state index in [9.17, 15) is 14.9 Å². The Hall–Kier alpha value is -2.29. The summed E-state index contributed by atoms with van der Waals surface area (Å²) in [5, 5.41) is 12.9. The number of aromatic amines is 1. The molecule has 0 aromatic carbocycles. The molecule has 16 heavy (non-hydrogen) atoms. The quantitative estimate of drug-likeness (QED) is 0.452. The van der Waals surface area contributed by atoms with Gasteiger partial charge in [0.25, 0.3) is 11.6 Å². The van der Waals surface area contributed by atoms with Crippen molar-refractivity contribution in [2.75, 3.05) is 0 Å². The predicted octanol–water partition coefficient (Wildman–Crippen LogP) is 1.06. The molecule has 0 saturated carbocycles. The van der Waals surface area contributed by atoms with E-state index in [4.69, 9.17) is 6.42 Å². The summed E-state index contributed by atoms with van der Waals surface area (Å²) in [5.74, 6) is 1.96. The molecule has 0 aliphatic heterocycles. The second-order valence-electron chi connectivity index (χ2n) is 3.13. The van der Waals surface area contributed by atoms with Crippen molar-refractivity contribution in [3.8, 4) is 12.3 Å². The largest absolute Gasteiger partial charge is 0.351 e. The first-order chi connectivity index (χ1) is 7.58. The Morgan fingerprint density at radius 3 is 2.94 bits per heavy atom. The zero-order chi connectivity index (χ0) is 12.1. The van der Waals surface area contributed by atoms with Crippen molar-refractivity contribution in [2.45, 2.75) is 19.4 Å². The molecule has 2 N–H and O–H groups in total. The molecule has 6 heteroatoms. The number of carbonyl (C=O) groups is 1. The van der Waals surface area contributed by atoms with E-state index in [1.807, 2.05) is 6.92 Å². The Balaban J connectivity index is 2.74. The molecule has 84 valence electrons. The van der Waals surface area contributed by atoms with Crippen LogP contribution in [0.5, 0.6) is 0 Å². The normalized spacial score (nSPS) is 11.5. The fourth-order valence-corrected chi connectivity index (χ4v) is 1.12. The van der Waals surface area contributed by atoms with Gasteiger partial charge >= 0.3 is 0 Å². The number of terminal acetylenes is 1. The molecule has 0 spiro atoms. The van der Waals surface area contributed by atoms with Crippen molar-refractivity contribution in [3.05, 3.63) is 28.1 Å². The van der Waals surface area contributed by atoms with Crippen LogP contribution in [-0.4, -0.2) is 21.9 Å². The Bertz CT molecular complexity index is 444. The smallest absolute Gasteiger partial charge is 0.287 e. The van der Waals surface area contributed by atoms with Crippen LogP contribution in [0.25, 0.3) is 0 Å². The molecule has 1 amide bonds. The van der Waals surface area contributed by atoms with E-state index in [2.05, 4.69) is 16.2 Å². The molecule has 1 aromatic rings. The van der Waals surface area contributed by atoms with Crippen molar-refractivity contribution in [1.82, 2.24) is 10.3 Å². The minimum absolute atomic E-state index is 0.125. The summed E-state index contributed by atoms with van der Waals surface area (Å²) >= 11 is 0. The Labute approximate surface area is 92.2 Å². The number of carbonyl (C=O) groups excluding carboxylic acids is 1. The molecule has 1 atom stereocenters. The molecule has 0 aliphatic rings. The van der Waals surface area contributed by atoms with Crippen molar-refractivity contribution < 1.29 is 9.72 Å². The third-order valence-corrected chi connectivity index (χ3v) is 2.04. The van der Waals surface area contributed by atoms with E-state index in [-0.39, 0.29) is 17.4 Å². The van der Waals surface area contributed by atoms with Crippen LogP contribution in [0.3, 0.4) is 0 Å². The van der Waals surface area contributed by atoms with Crippen LogP contribution in [0.1, 0.15) is 23.8 Å². The van der Waals surface area contributed by atoms with Gasteiger partial charge in [0.2, 0.25) is 0 Å². The molecular weight excluding hydrogens is 210 g/mol. The van der Waals surface area contributed by atoms with Crippen molar-refractivity contribution in [2.24, 2.45) is 0 Å². The van der Waals surface area contributed by atoms with Crippen molar-refractivity contribution in [1.29, 1.82) is 0 Å². The van der Waals surface area contributed by atoms with Gasteiger partial charge in [0.15, 0.2) is 0 Å². The summed E-state index contributed by atoms with van der Waals surface area (Å²) in [6, 6.07) is 0.799. The summed E-state index contributed by atoms with van der Waals surface area (Å²) in [5.41, 5.74) is -0.0284. The number of hydrogen-bond donors (Lipinski definition) is 2. The number of rotatable bonds is 4. The highest BCUT2D eigenvalue weighted by atomic mass is 16.6. The van der Waals surface area contributed by atoms with Crippen LogP contribution >= 0.6 is 0 Å². The lowest BCUT2D eigenvalue weighted by molar-refractivity contribution is -0.384. The first kappa shape index (κ1) is 11.8.